The van der Waals surface area contributed by atoms with Crippen LogP contribution in [-0.2, 0) is 15.0 Å². The van der Waals surface area contributed by atoms with E-state index in [4.69, 9.17) is 5.11 Å². The van der Waals surface area contributed by atoms with Crippen LogP contribution < -0.4 is 4.72 Å². The van der Waals surface area contributed by atoms with Crippen LogP contribution in [0.2, 0.25) is 0 Å². The van der Waals surface area contributed by atoms with Gasteiger partial charge in [0.1, 0.15) is 6.04 Å². The monoisotopic (exact) mass is 338 g/mol. The minimum Gasteiger partial charge on any atom is -0.480 e. The fraction of sp³-hybridized carbons (Fsp3) is 0.417. The number of carboxylic acids is 1. The number of aliphatic carboxylic acids is 1. The molecule has 2 N–H and O–H groups in total. The van der Waals surface area contributed by atoms with Crippen LogP contribution in [0.25, 0.3) is 0 Å². The summed E-state index contributed by atoms with van der Waals surface area (Å²) in [7, 11) is -4.33. The van der Waals surface area contributed by atoms with Crippen molar-refractivity contribution in [3.63, 3.8) is 0 Å². The highest BCUT2D eigenvalue weighted by atomic mass is 32.2. The lowest BCUT2D eigenvalue weighted by atomic mass is 10.1. The van der Waals surface area contributed by atoms with Gasteiger partial charge in [0.25, 0.3) is 0 Å². The lowest BCUT2D eigenvalue weighted by Gasteiger charge is -2.31. The van der Waals surface area contributed by atoms with Gasteiger partial charge in [0, 0.05) is 18.7 Å². The van der Waals surface area contributed by atoms with Crippen molar-refractivity contribution in [2.75, 3.05) is 11.3 Å². The lowest BCUT2D eigenvalue weighted by Crippen LogP contribution is -2.49. The molecule has 1 aromatic carbocycles. The Labute approximate surface area is 124 Å². The minimum absolute atomic E-state index is 0.0293. The first kappa shape index (κ1) is 16.6. The van der Waals surface area contributed by atoms with Crippen molar-refractivity contribution in [3.05, 3.63) is 29.6 Å². The van der Waals surface area contributed by atoms with Crippen LogP contribution in [0.15, 0.2) is 12.1 Å². The van der Waals surface area contributed by atoms with Crippen molar-refractivity contribution in [1.82, 2.24) is 4.31 Å². The third kappa shape index (κ3) is 3.33. The first-order valence-electron chi connectivity index (χ1n) is 6.39. The van der Waals surface area contributed by atoms with Crippen LogP contribution in [0.1, 0.15) is 19.3 Å². The van der Waals surface area contributed by atoms with Gasteiger partial charge in [0.2, 0.25) is 0 Å². The molecule has 1 heterocycles. The number of carboxylic acid groups (broad SMARTS) is 1. The summed E-state index contributed by atoms with van der Waals surface area (Å²) in [6, 6.07) is -0.285. The largest absolute Gasteiger partial charge is 0.480 e. The number of nitrogens with zero attached hydrogens (tertiary/aromatic N) is 1. The van der Waals surface area contributed by atoms with E-state index >= 15 is 0 Å². The maximum atomic E-state index is 13.1. The van der Waals surface area contributed by atoms with Crippen molar-refractivity contribution in [2.45, 2.75) is 25.3 Å². The molecule has 1 aromatic rings. The van der Waals surface area contributed by atoms with Crippen molar-refractivity contribution in [3.8, 4) is 0 Å². The molecule has 1 fully saturated rings. The van der Waals surface area contributed by atoms with Gasteiger partial charge in [-0.1, -0.05) is 0 Å². The summed E-state index contributed by atoms with van der Waals surface area (Å²) in [6.07, 6.45) is 1.17. The number of piperidine rings is 1. The van der Waals surface area contributed by atoms with Crippen LogP contribution in [-0.4, -0.2) is 36.4 Å². The Bertz CT molecular complexity index is 673. The van der Waals surface area contributed by atoms with Gasteiger partial charge in [-0.25, -0.2) is 13.2 Å². The molecule has 122 valence electrons. The number of rotatable bonds is 4. The summed E-state index contributed by atoms with van der Waals surface area (Å²) < 4.78 is 66.0. The molecule has 1 aliphatic rings. The third-order valence-corrected chi connectivity index (χ3v) is 4.83. The molecule has 1 aliphatic heterocycles. The number of nitrogens with one attached hydrogen (secondary N) is 1. The van der Waals surface area contributed by atoms with Crippen LogP contribution in [0.3, 0.4) is 0 Å². The Kier molecular flexibility index (Phi) is 4.61. The average Bonchev–Trinajstić information content (AvgIpc) is 2.44. The number of carbonyl (C=O) groups is 1. The Balaban J connectivity index is 2.28. The standard InChI is InChI=1S/C12H13F3N2O4S/c13-8-5-7(6-9(14)11(8)15)16-22(20,21)17-4-2-1-3-10(17)12(18)19/h5-6,10,16H,1-4H2,(H,18,19)/t10-/m0/s1. The van der Waals surface area contributed by atoms with E-state index in [2.05, 4.69) is 0 Å². The zero-order valence-electron chi connectivity index (χ0n) is 11.2. The van der Waals surface area contributed by atoms with Gasteiger partial charge in [-0.2, -0.15) is 12.7 Å². The summed E-state index contributed by atoms with van der Waals surface area (Å²) in [5, 5.41) is 9.06. The van der Waals surface area contributed by atoms with Gasteiger partial charge in [0.15, 0.2) is 17.5 Å². The van der Waals surface area contributed by atoms with Crippen molar-refractivity contribution >= 4 is 21.9 Å². The molecule has 0 radical (unpaired) electrons. The first-order chi connectivity index (χ1) is 10.2. The van der Waals surface area contributed by atoms with E-state index in [9.17, 15) is 26.4 Å². The average molecular weight is 338 g/mol. The van der Waals surface area contributed by atoms with Crippen molar-refractivity contribution in [2.24, 2.45) is 0 Å². The highest BCUT2D eigenvalue weighted by molar-refractivity contribution is 7.90. The minimum atomic E-state index is -4.33. The molecule has 0 aromatic heterocycles. The second-order valence-electron chi connectivity index (χ2n) is 4.82. The van der Waals surface area contributed by atoms with E-state index in [0.717, 1.165) is 4.31 Å². The SMILES string of the molecule is O=C(O)[C@@H]1CCCCN1S(=O)(=O)Nc1cc(F)c(F)c(F)c1. The predicted molar refractivity (Wildman–Crippen MR) is 70.8 cm³/mol. The summed E-state index contributed by atoms with van der Waals surface area (Å²) >= 11 is 0. The van der Waals surface area contributed by atoms with Gasteiger partial charge in [-0.05, 0) is 19.3 Å². The molecule has 0 amide bonds. The van der Waals surface area contributed by atoms with Gasteiger partial charge in [-0.15, -0.1) is 0 Å². The highest BCUT2D eigenvalue weighted by Gasteiger charge is 2.36. The molecular weight excluding hydrogens is 325 g/mol. The van der Waals surface area contributed by atoms with Crippen LogP contribution in [0.4, 0.5) is 18.9 Å². The number of benzene rings is 1. The molecule has 0 spiro atoms. The fourth-order valence-corrected chi connectivity index (χ4v) is 3.69. The third-order valence-electron chi connectivity index (χ3n) is 3.28. The van der Waals surface area contributed by atoms with Crippen molar-refractivity contribution in [1.29, 1.82) is 0 Å². The Morgan fingerprint density at radius 1 is 1.23 bits per heavy atom. The summed E-state index contributed by atoms with van der Waals surface area (Å²) in [5.41, 5.74) is -0.522. The van der Waals surface area contributed by atoms with E-state index in [-0.39, 0.29) is 13.0 Å². The van der Waals surface area contributed by atoms with Gasteiger partial charge in [-0.3, -0.25) is 9.52 Å². The Morgan fingerprint density at radius 2 is 1.82 bits per heavy atom. The van der Waals surface area contributed by atoms with E-state index in [0.29, 0.717) is 25.0 Å². The quantitative estimate of drug-likeness (QED) is 0.818. The summed E-state index contributed by atoms with van der Waals surface area (Å²) in [4.78, 5) is 11.1. The van der Waals surface area contributed by atoms with E-state index < -0.39 is 45.4 Å². The molecule has 0 unspecified atom stereocenters. The topological polar surface area (TPSA) is 86.7 Å². The predicted octanol–water partition coefficient (Wildman–Crippen LogP) is 1.70. The van der Waals surface area contributed by atoms with Crippen LogP contribution in [0.5, 0.6) is 0 Å². The number of hydrogen-bond donors (Lipinski definition) is 2. The maximum Gasteiger partial charge on any atom is 0.322 e. The second-order valence-corrected chi connectivity index (χ2v) is 6.44. The van der Waals surface area contributed by atoms with Crippen LogP contribution >= 0.6 is 0 Å². The molecule has 0 bridgehead atoms. The normalized spacial score (nSPS) is 19.9. The van der Waals surface area contributed by atoms with Crippen molar-refractivity contribution < 1.29 is 31.5 Å². The van der Waals surface area contributed by atoms with Gasteiger partial charge in [0.05, 0.1) is 5.69 Å². The molecule has 0 aliphatic carbocycles. The molecule has 1 saturated heterocycles. The van der Waals surface area contributed by atoms with Crippen LogP contribution in [0, 0.1) is 17.5 Å². The number of hydrogen-bond acceptors (Lipinski definition) is 3. The molecule has 6 nitrogen and oxygen atoms in total. The fourth-order valence-electron chi connectivity index (χ4n) is 2.26. The molecular formula is C12H13F3N2O4S. The molecule has 1 atom stereocenters. The maximum absolute atomic E-state index is 13.1. The number of anilines is 1. The molecule has 0 saturated carbocycles. The smallest absolute Gasteiger partial charge is 0.322 e. The number of halogens is 3. The Morgan fingerprint density at radius 3 is 2.36 bits per heavy atom. The first-order valence-corrected chi connectivity index (χ1v) is 7.83. The zero-order valence-corrected chi connectivity index (χ0v) is 12.0. The van der Waals surface area contributed by atoms with E-state index in [1.165, 1.54) is 0 Å². The van der Waals surface area contributed by atoms with E-state index in [1.54, 1.807) is 0 Å². The van der Waals surface area contributed by atoms with E-state index in [1.807, 2.05) is 4.72 Å². The second kappa shape index (κ2) is 6.13. The Hall–Kier alpha value is -1.81. The molecule has 2 rings (SSSR count). The zero-order chi connectivity index (χ0) is 16.5. The molecule has 10 heteroatoms. The summed E-state index contributed by atoms with van der Waals surface area (Å²) in [5.74, 6) is -6.12. The highest BCUT2D eigenvalue weighted by Crippen LogP contribution is 2.24. The summed E-state index contributed by atoms with van der Waals surface area (Å²) in [6.45, 7) is -0.0293. The van der Waals surface area contributed by atoms with Gasteiger partial charge >= 0.3 is 16.2 Å². The molecule has 22 heavy (non-hydrogen) atoms. The van der Waals surface area contributed by atoms with Gasteiger partial charge < -0.3 is 5.11 Å². The lowest BCUT2D eigenvalue weighted by molar-refractivity contribution is -0.142.